The Morgan fingerprint density at radius 3 is 2.44 bits per heavy atom. The molecule has 2 nitrogen and oxygen atoms in total. The number of hydrogen-bond acceptors (Lipinski definition) is 2. The minimum absolute atomic E-state index is 0.00865. The number of aromatic carboxylic acids is 1. The number of carboxylic acid groups (broad SMARTS) is 1. The van der Waals surface area contributed by atoms with Gasteiger partial charge in [-0.2, -0.15) is 0 Å². The van der Waals surface area contributed by atoms with E-state index in [9.17, 15) is 13.6 Å². The molecule has 0 unspecified atom stereocenters. The summed E-state index contributed by atoms with van der Waals surface area (Å²) in [4.78, 5) is 11.7. The van der Waals surface area contributed by atoms with Gasteiger partial charge in [-0.25, -0.2) is 13.6 Å². The molecular formula is C13H8F2O2S. The van der Waals surface area contributed by atoms with Crippen molar-refractivity contribution in [2.24, 2.45) is 0 Å². The first kappa shape index (κ1) is 12.6. The molecule has 92 valence electrons. The van der Waals surface area contributed by atoms with Gasteiger partial charge in [-0.1, -0.05) is 17.8 Å². The van der Waals surface area contributed by atoms with Crippen LogP contribution in [0.4, 0.5) is 8.78 Å². The van der Waals surface area contributed by atoms with E-state index in [1.165, 1.54) is 24.3 Å². The normalized spacial score (nSPS) is 10.3. The Morgan fingerprint density at radius 2 is 1.78 bits per heavy atom. The van der Waals surface area contributed by atoms with Crippen LogP contribution in [-0.4, -0.2) is 11.1 Å². The van der Waals surface area contributed by atoms with E-state index in [-0.39, 0.29) is 10.5 Å². The number of hydrogen-bond donors (Lipinski definition) is 1. The van der Waals surface area contributed by atoms with E-state index in [1.807, 2.05) is 0 Å². The Bertz CT molecular complexity index is 599. The molecule has 0 aliphatic heterocycles. The topological polar surface area (TPSA) is 37.3 Å². The van der Waals surface area contributed by atoms with Crippen molar-refractivity contribution in [1.82, 2.24) is 0 Å². The van der Waals surface area contributed by atoms with Crippen LogP contribution in [0.25, 0.3) is 0 Å². The Hall–Kier alpha value is -1.88. The molecule has 0 radical (unpaired) electrons. The van der Waals surface area contributed by atoms with Crippen molar-refractivity contribution in [2.45, 2.75) is 9.79 Å². The zero-order valence-corrected chi connectivity index (χ0v) is 9.88. The van der Waals surface area contributed by atoms with Gasteiger partial charge in [-0.3, -0.25) is 0 Å². The van der Waals surface area contributed by atoms with Crippen LogP contribution in [0.5, 0.6) is 0 Å². The van der Waals surface area contributed by atoms with E-state index in [1.54, 1.807) is 6.07 Å². The smallest absolute Gasteiger partial charge is 0.336 e. The molecule has 0 saturated carbocycles. The molecule has 0 aliphatic carbocycles. The fourth-order valence-electron chi connectivity index (χ4n) is 1.41. The summed E-state index contributed by atoms with van der Waals surface area (Å²) in [7, 11) is 0. The third-order valence-electron chi connectivity index (χ3n) is 2.20. The van der Waals surface area contributed by atoms with Gasteiger partial charge in [-0.15, -0.1) is 0 Å². The van der Waals surface area contributed by atoms with Crippen molar-refractivity contribution in [3.8, 4) is 0 Å². The van der Waals surface area contributed by atoms with Crippen molar-refractivity contribution in [1.29, 1.82) is 0 Å². The number of halogens is 2. The standard InChI is InChI=1S/C13H8F2O2S/c14-8-2-1-3-10(6-8)18-12-7-9(15)4-5-11(12)13(16)17/h1-7H,(H,16,17). The molecular weight excluding hydrogens is 258 g/mol. The molecule has 18 heavy (non-hydrogen) atoms. The zero-order valence-electron chi connectivity index (χ0n) is 9.06. The van der Waals surface area contributed by atoms with Gasteiger partial charge in [0.2, 0.25) is 0 Å². The molecule has 0 fully saturated rings. The van der Waals surface area contributed by atoms with Gasteiger partial charge >= 0.3 is 5.97 Å². The first-order valence-electron chi connectivity index (χ1n) is 5.02. The van der Waals surface area contributed by atoms with E-state index in [2.05, 4.69) is 0 Å². The second kappa shape index (κ2) is 5.18. The summed E-state index contributed by atoms with van der Waals surface area (Å²) in [5, 5.41) is 8.98. The highest BCUT2D eigenvalue weighted by molar-refractivity contribution is 7.99. The van der Waals surface area contributed by atoms with Gasteiger partial charge in [0.15, 0.2) is 0 Å². The van der Waals surface area contributed by atoms with Crippen LogP contribution in [-0.2, 0) is 0 Å². The lowest BCUT2D eigenvalue weighted by Crippen LogP contribution is -1.99. The Balaban J connectivity index is 2.39. The molecule has 0 atom stereocenters. The molecule has 2 rings (SSSR count). The summed E-state index contributed by atoms with van der Waals surface area (Å²) in [5.41, 5.74) is -0.00865. The lowest BCUT2D eigenvalue weighted by Gasteiger charge is -2.06. The van der Waals surface area contributed by atoms with Crippen LogP contribution in [0.1, 0.15) is 10.4 Å². The van der Waals surface area contributed by atoms with E-state index < -0.39 is 17.6 Å². The minimum Gasteiger partial charge on any atom is -0.478 e. The minimum atomic E-state index is -1.14. The number of rotatable bonds is 3. The van der Waals surface area contributed by atoms with Crippen LogP contribution < -0.4 is 0 Å². The van der Waals surface area contributed by atoms with Crippen LogP contribution in [0, 0.1) is 11.6 Å². The lowest BCUT2D eigenvalue weighted by molar-refractivity contribution is 0.0693. The second-order valence-corrected chi connectivity index (χ2v) is 4.62. The number of carbonyl (C=O) groups is 1. The molecule has 0 saturated heterocycles. The predicted octanol–water partition coefficient (Wildman–Crippen LogP) is 3.81. The molecule has 1 N–H and O–H groups in total. The van der Waals surface area contributed by atoms with E-state index >= 15 is 0 Å². The molecule has 0 aliphatic rings. The third kappa shape index (κ3) is 2.87. The SMILES string of the molecule is O=C(O)c1ccc(F)cc1Sc1cccc(F)c1. The van der Waals surface area contributed by atoms with Crippen LogP contribution in [0.3, 0.4) is 0 Å². The quantitative estimate of drug-likeness (QED) is 0.917. The van der Waals surface area contributed by atoms with Crippen molar-refractivity contribution < 1.29 is 18.7 Å². The first-order valence-corrected chi connectivity index (χ1v) is 5.84. The van der Waals surface area contributed by atoms with E-state index in [0.29, 0.717) is 4.90 Å². The highest BCUT2D eigenvalue weighted by Crippen LogP contribution is 2.31. The molecule has 5 heteroatoms. The lowest BCUT2D eigenvalue weighted by atomic mass is 10.2. The Labute approximate surface area is 106 Å². The van der Waals surface area contributed by atoms with Gasteiger partial charge in [0, 0.05) is 9.79 Å². The summed E-state index contributed by atoms with van der Waals surface area (Å²) in [6.07, 6.45) is 0. The zero-order chi connectivity index (χ0) is 13.1. The number of benzene rings is 2. The fourth-order valence-corrected chi connectivity index (χ4v) is 2.42. The molecule has 2 aromatic rings. The van der Waals surface area contributed by atoms with Gasteiger partial charge < -0.3 is 5.11 Å². The van der Waals surface area contributed by atoms with Crippen molar-refractivity contribution in [2.75, 3.05) is 0 Å². The summed E-state index contributed by atoms with van der Waals surface area (Å²) in [6, 6.07) is 9.09. The van der Waals surface area contributed by atoms with Gasteiger partial charge in [-0.05, 0) is 36.4 Å². The van der Waals surface area contributed by atoms with Crippen molar-refractivity contribution >= 4 is 17.7 Å². The fraction of sp³-hybridized carbons (Fsp3) is 0. The van der Waals surface area contributed by atoms with Crippen LogP contribution in [0.15, 0.2) is 52.3 Å². The van der Waals surface area contributed by atoms with E-state index in [0.717, 1.165) is 23.9 Å². The molecule has 0 amide bonds. The molecule has 2 aromatic carbocycles. The third-order valence-corrected chi connectivity index (χ3v) is 3.25. The molecule has 0 heterocycles. The summed E-state index contributed by atoms with van der Waals surface area (Å²) in [6.45, 7) is 0. The molecule has 0 aromatic heterocycles. The van der Waals surface area contributed by atoms with Crippen molar-refractivity contribution in [3.63, 3.8) is 0 Å². The van der Waals surface area contributed by atoms with Crippen LogP contribution in [0.2, 0.25) is 0 Å². The summed E-state index contributed by atoms with van der Waals surface area (Å²) in [5.74, 6) is -2.10. The summed E-state index contributed by atoms with van der Waals surface area (Å²) >= 11 is 1.01. The molecule has 0 bridgehead atoms. The maximum atomic E-state index is 13.1. The van der Waals surface area contributed by atoms with E-state index in [4.69, 9.17) is 5.11 Å². The highest BCUT2D eigenvalue weighted by atomic mass is 32.2. The predicted molar refractivity (Wildman–Crippen MR) is 63.9 cm³/mol. The van der Waals surface area contributed by atoms with Gasteiger partial charge in [0.05, 0.1) is 5.56 Å². The maximum absolute atomic E-state index is 13.1. The average Bonchev–Trinajstić information content (AvgIpc) is 2.28. The van der Waals surface area contributed by atoms with Gasteiger partial charge in [0.25, 0.3) is 0 Å². The number of carboxylic acids is 1. The monoisotopic (exact) mass is 266 g/mol. The largest absolute Gasteiger partial charge is 0.478 e. The van der Waals surface area contributed by atoms with Gasteiger partial charge in [0.1, 0.15) is 11.6 Å². The maximum Gasteiger partial charge on any atom is 0.336 e. The van der Waals surface area contributed by atoms with Crippen molar-refractivity contribution in [3.05, 3.63) is 59.7 Å². The average molecular weight is 266 g/mol. The Morgan fingerprint density at radius 1 is 1.06 bits per heavy atom. The second-order valence-electron chi connectivity index (χ2n) is 3.51. The molecule has 0 spiro atoms. The highest BCUT2D eigenvalue weighted by Gasteiger charge is 2.12. The van der Waals surface area contributed by atoms with Crippen LogP contribution >= 0.6 is 11.8 Å². The summed E-state index contributed by atoms with van der Waals surface area (Å²) < 4.78 is 26.1. The first-order chi connectivity index (χ1) is 8.56. The Kier molecular flexibility index (Phi) is 3.62.